The van der Waals surface area contributed by atoms with Gasteiger partial charge in [0, 0.05) is 10.5 Å². The maximum absolute atomic E-state index is 6.25. The van der Waals surface area contributed by atoms with Gasteiger partial charge < -0.3 is 5.73 Å². The topological polar surface area (TPSA) is 26.0 Å². The Kier molecular flexibility index (Phi) is 4.63. The van der Waals surface area contributed by atoms with E-state index in [2.05, 4.69) is 41.1 Å². The zero-order valence-corrected chi connectivity index (χ0v) is 11.3. The highest BCUT2D eigenvalue weighted by Crippen LogP contribution is 2.37. The first-order valence-electron chi connectivity index (χ1n) is 5.20. The van der Waals surface area contributed by atoms with Crippen LogP contribution in [0.4, 0.5) is 0 Å². The smallest absolute Gasteiger partial charge is 0.0326 e. The average Bonchev–Trinajstić information content (AvgIpc) is 2.06. The average molecular weight is 291 g/mol. The minimum Gasteiger partial charge on any atom is -0.324 e. The summed E-state index contributed by atoms with van der Waals surface area (Å²) in [6, 6.07) is 6.61. The number of benzene rings is 1. The van der Waals surface area contributed by atoms with Crippen molar-refractivity contribution in [3.8, 4) is 0 Å². The van der Waals surface area contributed by atoms with Crippen LogP contribution in [-0.4, -0.2) is 0 Å². The van der Waals surface area contributed by atoms with Gasteiger partial charge in [-0.15, -0.1) is 12.4 Å². The van der Waals surface area contributed by atoms with Crippen LogP contribution in [0.5, 0.6) is 0 Å². The van der Waals surface area contributed by atoms with E-state index in [0.29, 0.717) is 5.92 Å². The van der Waals surface area contributed by atoms with Crippen molar-refractivity contribution < 1.29 is 0 Å². The molecule has 1 nitrogen and oxygen atoms in total. The minimum atomic E-state index is 0. The first-order chi connectivity index (χ1) is 6.68. The van der Waals surface area contributed by atoms with Crippen molar-refractivity contribution in [3.63, 3.8) is 0 Å². The first kappa shape index (κ1) is 13.0. The molecule has 0 aliphatic heterocycles. The molecule has 1 aromatic rings. The fourth-order valence-electron chi connectivity index (χ4n) is 2.02. The second kappa shape index (κ2) is 5.33. The number of halogens is 2. The van der Waals surface area contributed by atoms with Gasteiger partial charge in [0.25, 0.3) is 0 Å². The lowest BCUT2D eigenvalue weighted by molar-refractivity contribution is 0.264. The molecule has 15 heavy (non-hydrogen) atoms. The Hall–Kier alpha value is -0.0500. The van der Waals surface area contributed by atoms with E-state index in [0.717, 1.165) is 4.47 Å². The fraction of sp³-hybridized carbons (Fsp3) is 0.500. The predicted octanol–water partition coefficient (Wildman–Crippen LogP) is 3.98. The second-order valence-corrected chi connectivity index (χ2v) is 5.13. The number of hydrogen-bond acceptors (Lipinski definition) is 1. The van der Waals surface area contributed by atoms with Gasteiger partial charge in [-0.05, 0) is 48.9 Å². The van der Waals surface area contributed by atoms with E-state index in [4.69, 9.17) is 5.73 Å². The highest BCUT2D eigenvalue weighted by Gasteiger charge is 2.26. The molecule has 0 aromatic heterocycles. The molecule has 0 heterocycles. The highest BCUT2D eigenvalue weighted by atomic mass is 79.9. The van der Waals surface area contributed by atoms with Gasteiger partial charge in [0.15, 0.2) is 0 Å². The summed E-state index contributed by atoms with van der Waals surface area (Å²) >= 11 is 3.50. The minimum absolute atomic E-state index is 0. The van der Waals surface area contributed by atoms with Crippen LogP contribution < -0.4 is 5.73 Å². The van der Waals surface area contributed by atoms with Crippen molar-refractivity contribution in [2.24, 2.45) is 11.7 Å². The molecule has 1 atom stereocenters. The Morgan fingerprint density at radius 1 is 1.40 bits per heavy atom. The molecule has 0 saturated heterocycles. The third-order valence-electron chi connectivity index (χ3n) is 3.26. The van der Waals surface area contributed by atoms with Gasteiger partial charge in [-0.3, -0.25) is 0 Å². The molecule has 0 unspecified atom stereocenters. The second-order valence-electron chi connectivity index (χ2n) is 4.22. The van der Waals surface area contributed by atoms with E-state index < -0.39 is 0 Å². The molecule has 2 N–H and O–H groups in total. The molecule has 3 heteroatoms. The zero-order chi connectivity index (χ0) is 10.1. The molecule has 1 fully saturated rings. The van der Waals surface area contributed by atoms with Crippen molar-refractivity contribution in [1.82, 2.24) is 0 Å². The van der Waals surface area contributed by atoms with Crippen LogP contribution in [-0.2, 0) is 0 Å². The van der Waals surface area contributed by atoms with Crippen LogP contribution in [0.2, 0.25) is 0 Å². The quantitative estimate of drug-likeness (QED) is 0.876. The van der Waals surface area contributed by atoms with Gasteiger partial charge >= 0.3 is 0 Å². The Morgan fingerprint density at radius 3 is 2.60 bits per heavy atom. The molecule has 0 bridgehead atoms. The molecular weight excluding hydrogens is 273 g/mol. The van der Waals surface area contributed by atoms with Crippen molar-refractivity contribution >= 4 is 28.3 Å². The van der Waals surface area contributed by atoms with Crippen molar-refractivity contribution in [2.75, 3.05) is 0 Å². The van der Waals surface area contributed by atoms with Crippen molar-refractivity contribution in [2.45, 2.75) is 32.2 Å². The van der Waals surface area contributed by atoms with Crippen LogP contribution in [0.15, 0.2) is 22.7 Å². The molecule has 0 spiro atoms. The highest BCUT2D eigenvalue weighted by molar-refractivity contribution is 9.10. The standard InChI is InChI=1S/C12H16BrN.ClH/c1-8-5-6-10(13)7-11(8)12(14)9-3-2-4-9;/h5-7,9,12H,2-4,14H2,1H3;1H/t12-;/m0./s1. The summed E-state index contributed by atoms with van der Waals surface area (Å²) < 4.78 is 1.13. The van der Waals surface area contributed by atoms with Crippen LogP contribution in [0.1, 0.15) is 36.4 Å². The van der Waals surface area contributed by atoms with Gasteiger partial charge in [0.1, 0.15) is 0 Å². The molecule has 84 valence electrons. The number of hydrogen-bond donors (Lipinski definition) is 1. The summed E-state index contributed by atoms with van der Waals surface area (Å²) in [5.74, 6) is 0.711. The predicted molar refractivity (Wildman–Crippen MR) is 70.4 cm³/mol. The summed E-state index contributed by atoms with van der Waals surface area (Å²) in [5.41, 5.74) is 8.87. The van der Waals surface area contributed by atoms with Gasteiger partial charge in [-0.2, -0.15) is 0 Å². The molecule has 1 saturated carbocycles. The van der Waals surface area contributed by atoms with E-state index in [1.807, 2.05) is 0 Å². The SMILES string of the molecule is Cc1ccc(Br)cc1[C@@H](N)C1CCC1.Cl. The van der Waals surface area contributed by atoms with Gasteiger partial charge in [0.05, 0.1) is 0 Å². The lowest BCUT2D eigenvalue weighted by Crippen LogP contribution is -2.27. The summed E-state index contributed by atoms with van der Waals surface area (Å²) in [6.45, 7) is 2.14. The summed E-state index contributed by atoms with van der Waals surface area (Å²) in [5, 5.41) is 0. The van der Waals surface area contributed by atoms with Crippen LogP contribution in [0.25, 0.3) is 0 Å². The molecule has 1 aliphatic carbocycles. The molecule has 0 radical (unpaired) electrons. The summed E-state index contributed by atoms with van der Waals surface area (Å²) in [7, 11) is 0. The largest absolute Gasteiger partial charge is 0.324 e. The van der Waals surface area contributed by atoms with E-state index in [1.54, 1.807) is 0 Å². The molecular formula is C12H17BrClN. The Balaban J connectivity index is 0.00000112. The van der Waals surface area contributed by atoms with Gasteiger partial charge in [0.2, 0.25) is 0 Å². The van der Waals surface area contributed by atoms with Crippen molar-refractivity contribution in [1.29, 1.82) is 0 Å². The van der Waals surface area contributed by atoms with Crippen molar-refractivity contribution in [3.05, 3.63) is 33.8 Å². The normalized spacial score (nSPS) is 17.8. The third-order valence-corrected chi connectivity index (χ3v) is 3.75. The van der Waals surface area contributed by atoms with E-state index in [1.165, 1.54) is 30.4 Å². The molecule has 2 rings (SSSR count). The maximum atomic E-state index is 6.25. The molecule has 1 aliphatic rings. The number of rotatable bonds is 2. The Morgan fingerprint density at radius 2 is 2.07 bits per heavy atom. The van der Waals surface area contributed by atoms with Gasteiger partial charge in [-0.1, -0.05) is 28.4 Å². The van der Waals surface area contributed by atoms with Crippen LogP contribution in [0.3, 0.4) is 0 Å². The zero-order valence-electron chi connectivity index (χ0n) is 8.87. The van der Waals surface area contributed by atoms with Gasteiger partial charge in [-0.25, -0.2) is 0 Å². The fourth-order valence-corrected chi connectivity index (χ4v) is 2.40. The molecule has 1 aromatic carbocycles. The Bertz CT molecular complexity index is 336. The van der Waals surface area contributed by atoms with E-state index in [-0.39, 0.29) is 18.4 Å². The monoisotopic (exact) mass is 289 g/mol. The van der Waals surface area contributed by atoms with E-state index >= 15 is 0 Å². The van der Waals surface area contributed by atoms with E-state index in [9.17, 15) is 0 Å². The maximum Gasteiger partial charge on any atom is 0.0326 e. The Labute approximate surface area is 106 Å². The molecule has 0 amide bonds. The van der Waals surface area contributed by atoms with Crippen LogP contribution >= 0.6 is 28.3 Å². The summed E-state index contributed by atoms with van der Waals surface area (Å²) in [6.07, 6.45) is 3.95. The summed E-state index contributed by atoms with van der Waals surface area (Å²) in [4.78, 5) is 0. The third kappa shape index (κ3) is 2.74. The lowest BCUT2D eigenvalue weighted by Gasteiger charge is -2.32. The first-order valence-corrected chi connectivity index (χ1v) is 5.99. The number of nitrogens with two attached hydrogens (primary N) is 1. The van der Waals surface area contributed by atoms with Crippen LogP contribution in [0, 0.1) is 12.8 Å². The lowest BCUT2D eigenvalue weighted by atomic mass is 9.77. The number of aryl methyl sites for hydroxylation is 1.